The maximum Gasteiger partial charge on any atom is 0.337 e. The van der Waals surface area contributed by atoms with Crippen molar-refractivity contribution < 1.29 is 23.5 Å². The topological polar surface area (TPSA) is 101 Å². The Bertz CT molecular complexity index is 1020. The zero-order valence-electron chi connectivity index (χ0n) is 15.3. The summed E-state index contributed by atoms with van der Waals surface area (Å²) in [6, 6.07) is 15.5. The number of carbonyl (C=O) groups is 3. The zero-order valence-corrected chi connectivity index (χ0v) is 16.2. The molecule has 0 bridgehead atoms. The quantitative estimate of drug-likeness (QED) is 0.431. The Balaban J connectivity index is 1.63. The molecule has 0 aliphatic rings. The fraction of sp³-hybridized carbons (Fsp3) is 0.0500. The van der Waals surface area contributed by atoms with Gasteiger partial charge in [0, 0.05) is 11.4 Å². The summed E-state index contributed by atoms with van der Waals surface area (Å²) in [7, 11) is 1.28. The Labute approximate surface area is 172 Å². The Morgan fingerprint density at radius 1 is 0.966 bits per heavy atom. The number of esters is 1. The average molecular weight is 411 g/mol. The van der Waals surface area contributed by atoms with E-state index in [4.69, 9.17) is 4.42 Å². The van der Waals surface area contributed by atoms with Gasteiger partial charge in [0.2, 0.25) is 0 Å². The number of benzene rings is 2. The molecule has 0 saturated carbocycles. The van der Waals surface area contributed by atoms with Crippen LogP contribution in [0.25, 0.3) is 0 Å². The Morgan fingerprint density at radius 3 is 2.28 bits per heavy atom. The third-order valence-electron chi connectivity index (χ3n) is 3.84. The number of hydrogen-bond acceptors (Lipinski definition) is 6. The van der Waals surface area contributed by atoms with E-state index in [-0.39, 0.29) is 11.7 Å². The summed E-state index contributed by atoms with van der Waals surface area (Å²) in [5.74, 6) is -0.692. The van der Waals surface area contributed by atoms with Gasteiger partial charge in [0.15, 0.2) is 5.76 Å². The van der Waals surface area contributed by atoms with E-state index < -0.39 is 12.0 Å². The molecule has 9 heteroatoms. The highest BCUT2D eigenvalue weighted by molar-refractivity contribution is 7.82. The van der Waals surface area contributed by atoms with Gasteiger partial charge in [-0.15, -0.1) is 0 Å². The van der Waals surface area contributed by atoms with Crippen molar-refractivity contribution in [1.82, 2.24) is 0 Å². The molecular formula is C20H17N3O5S. The van der Waals surface area contributed by atoms with E-state index in [9.17, 15) is 14.4 Å². The van der Waals surface area contributed by atoms with Crippen LogP contribution in [0.3, 0.4) is 0 Å². The van der Waals surface area contributed by atoms with Crippen molar-refractivity contribution >= 4 is 47.8 Å². The lowest BCUT2D eigenvalue weighted by molar-refractivity contribution is 0.0600. The number of nitrogens with zero attached hydrogens (tertiary/aromatic N) is 1. The molecule has 3 aromatic rings. The highest BCUT2D eigenvalue weighted by atomic mass is 32.1. The largest absolute Gasteiger partial charge is 0.465 e. The second kappa shape index (κ2) is 8.98. The van der Waals surface area contributed by atoms with Gasteiger partial charge in [-0.05, 0) is 54.6 Å². The first kappa shape index (κ1) is 20.0. The molecule has 148 valence electrons. The van der Waals surface area contributed by atoms with E-state index >= 15 is 0 Å². The number of thiol groups is 1. The molecule has 0 spiro atoms. The summed E-state index contributed by atoms with van der Waals surface area (Å²) < 4.78 is 10.8. The van der Waals surface area contributed by atoms with E-state index in [1.165, 1.54) is 19.4 Å². The van der Waals surface area contributed by atoms with Gasteiger partial charge in [-0.1, -0.05) is 18.9 Å². The van der Waals surface area contributed by atoms with E-state index in [1.807, 2.05) is 0 Å². The summed E-state index contributed by atoms with van der Waals surface area (Å²) in [4.78, 5) is 36.0. The van der Waals surface area contributed by atoms with Crippen molar-refractivity contribution in [3.63, 3.8) is 0 Å². The third kappa shape index (κ3) is 4.96. The van der Waals surface area contributed by atoms with Crippen molar-refractivity contribution in [1.29, 1.82) is 0 Å². The number of methoxy groups -OCH3 is 1. The van der Waals surface area contributed by atoms with Crippen molar-refractivity contribution in [2.75, 3.05) is 22.0 Å². The predicted molar refractivity (Wildman–Crippen MR) is 111 cm³/mol. The molecule has 0 unspecified atom stereocenters. The molecule has 3 amide bonds. The van der Waals surface area contributed by atoms with Crippen LogP contribution in [0.5, 0.6) is 0 Å². The summed E-state index contributed by atoms with van der Waals surface area (Å²) >= 11 is 4.19. The molecule has 0 radical (unpaired) electrons. The minimum Gasteiger partial charge on any atom is -0.465 e. The van der Waals surface area contributed by atoms with Gasteiger partial charge in [-0.25, -0.2) is 13.9 Å². The number of amides is 3. The van der Waals surface area contributed by atoms with Gasteiger partial charge in [-0.3, -0.25) is 4.79 Å². The summed E-state index contributed by atoms with van der Waals surface area (Å²) in [6.45, 7) is 0. The van der Waals surface area contributed by atoms with Gasteiger partial charge in [0.1, 0.15) is 0 Å². The van der Waals surface area contributed by atoms with Gasteiger partial charge in [0.05, 0.1) is 24.6 Å². The van der Waals surface area contributed by atoms with Crippen LogP contribution >= 0.6 is 12.8 Å². The number of anilines is 3. The van der Waals surface area contributed by atoms with Crippen LogP contribution in [-0.2, 0) is 4.74 Å². The molecule has 0 aliphatic carbocycles. The van der Waals surface area contributed by atoms with Crippen molar-refractivity contribution in [2.24, 2.45) is 0 Å². The standard InChI is InChI=1S/C20H17N3O5S/c1-27-19(25)13-4-2-5-16(12-13)23(29)20(26)22-15-9-7-14(8-10-15)21-18(24)17-6-3-11-28-17/h2-12,29H,1H3,(H,21,24)(H,22,26). The first-order valence-electron chi connectivity index (χ1n) is 8.41. The number of rotatable bonds is 5. The third-order valence-corrected chi connectivity index (χ3v) is 4.26. The van der Waals surface area contributed by atoms with Crippen LogP contribution in [0.15, 0.2) is 71.3 Å². The molecule has 2 N–H and O–H groups in total. The van der Waals surface area contributed by atoms with Gasteiger partial charge >= 0.3 is 12.0 Å². The maximum atomic E-state index is 12.4. The van der Waals surface area contributed by atoms with Gasteiger partial charge in [-0.2, -0.15) is 0 Å². The molecule has 0 aliphatic heterocycles. The minimum absolute atomic E-state index is 0.197. The van der Waals surface area contributed by atoms with Crippen LogP contribution in [0.1, 0.15) is 20.9 Å². The first-order chi connectivity index (χ1) is 14.0. The fourth-order valence-electron chi connectivity index (χ4n) is 2.41. The Hall–Kier alpha value is -3.72. The number of carbonyl (C=O) groups excluding carboxylic acids is 3. The maximum absolute atomic E-state index is 12.4. The summed E-state index contributed by atoms with van der Waals surface area (Å²) in [6.07, 6.45) is 1.41. The number of hydrogen-bond donors (Lipinski definition) is 3. The molecule has 0 fully saturated rings. The predicted octanol–water partition coefficient (Wildman–Crippen LogP) is 4.20. The molecule has 3 rings (SSSR count). The SMILES string of the molecule is COC(=O)c1cccc(N(S)C(=O)Nc2ccc(NC(=O)c3ccco3)cc2)c1. The lowest BCUT2D eigenvalue weighted by atomic mass is 10.2. The summed E-state index contributed by atoms with van der Waals surface area (Å²) in [5, 5.41) is 5.36. The number of nitrogens with one attached hydrogen (secondary N) is 2. The van der Waals surface area contributed by atoms with Crippen LogP contribution in [0.2, 0.25) is 0 Å². The second-order valence-corrected chi connectivity index (χ2v) is 6.19. The van der Waals surface area contributed by atoms with Crippen LogP contribution in [0, 0.1) is 0 Å². The molecule has 2 aromatic carbocycles. The zero-order chi connectivity index (χ0) is 20.8. The highest BCUT2D eigenvalue weighted by Gasteiger charge is 2.15. The van der Waals surface area contributed by atoms with E-state index in [0.29, 0.717) is 22.6 Å². The lowest BCUT2D eigenvalue weighted by Gasteiger charge is -2.17. The van der Waals surface area contributed by atoms with Crippen LogP contribution in [0.4, 0.5) is 21.9 Å². The molecule has 0 atom stereocenters. The molecule has 8 nitrogen and oxygen atoms in total. The van der Waals surface area contributed by atoms with Crippen LogP contribution < -0.4 is 14.9 Å². The fourth-order valence-corrected chi connectivity index (χ4v) is 2.59. The lowest BCUT2D eigenvalue weighted by Crippen LogP contribution is -2.26. The molecule has 1 heterocycles. The molecule has 29 heavy (non-hydrogen) atoms. The molecular weight excluding hydrogens is 394 g/mol. The number of ether oxygens (including phenoxy) is 1. The highest BCUT2D eigenvalue weighted by Crippen LogP contribution is 2.21. The smallest absolute Gasteiger partial charge is 0.337 e. The molecule has 0 saturated heterocycles. The Kier molecular flexibility index (Phi) is 6.20. The average Bonchev–Trinajstić information content (AvgIpc) is 3.29. The number of urea groups is 1. The van der Waals surface area contributed by atoms with Gasteiger partial charge in [0.25, 0.3) is 5.91 Å². The van der Waals surface area contributed by atoms with E-state index in [0.717, 1.165) is 4.31 Å². The van der Waals surface area contributed by atoms with Gasteiger partial charge < -0.3 is 19.8 Å². The van der Waals surface area contributed by atoms with E-state index in [1.54, 1.807) is 54.6 Å². The van der Waals surface area contributed by atoms with Crippen molar-refractivity contribution in [2.45, 2.75) is 0 Å². The van der Waals surface area contributed by atoms with Crippen LogP contribution in [-0.4, -0.2) is 25.0 Å². The number of furan rings is 1. The minimum atomic E-state index is -0.525. The monoisotopic (exact) mass is 411 g/mol. The second-order valence-electron chi connectivity index (χ2n) is 5.79. The van der Waals surface area contributed by atoms with E-state index in [2.05, 4.69) is 28.2 Å². The van der Waals surface area contributed by atoms with Crippen molar-refractivity contribution in [3.8, 4) is 0 Å². The summed E-state index contributed by atoms with van der Waals surface area (Å²) in [5.41, 5.74) is 1.73. The Morgan fingerprint density at radius 2 is 1.66 bits per heavy atom. The van der Waals surface area contributed by atoms with Crippen molar-refractivity contribution in [3.05, 3.63) is 78.3 Å². The normalized spacial score (nSPS) is 10.1. The molecule has 1 aromatic heterocycles. The first-order valence-corrected chi connectivity index (χ1v) is 8.81.